The molecule has 1 N–H and O–H groups in total. The Bertz CT molecular complexity index is 1280. The fourth-order valence-electron chi connectivity index (χ4n) is 3.09. The first-order valence-corrected chi connectivity index (χ1v) is 13.2. The Hall–Kier alpha value is -2.45. The predicted molar refractivity (Wildman–Crippen MR) is 138 cm³/mol. The minimum atomic E-state index is -3.64. The van der Waals surface area contributed by atoms with Crippen molar-refractivity contribution in [3.63, 3.8) is 0 Å². The van der Waals surface area contributed by atoms with Gasteiger partial charge in [-0.05, 0) is 54.4 Å². The monoisotopic (exact) mass is 540 g/mol. The van der Waals surface area contributed by atoms with Crippen LogP contribution in [0.5, 0.6) is 5.75 Å². The zero-order valence-electron chi connectivity index (χ0n) is 18.5. The van der Waals surface area contributed by atoms with Crippen molar-refractivity contribution in [2.75, 3.05) is 23.7 Å². The molecule has 6 nitrogen and oxygen atoms in total. The van der Waals surface area contributed by atoms with Crippen LogP contribution in [-0.4, -0.2) is 33.7 Å². The average Bonchev–Trinajstić information content (AvgIpc) is 2.79. The van der Waals surface area contributed by atoms with E-state index in [9.17, 15) is 13.2 Å². The van der Waals surface area contributed by atoms with Crippen LogP contribution in [0.1, 0.15) is 21.5 Å². The molecular weight excluding hydrogens is 519 g/mol. The quantitative estimate of drug-likeness (QED) is 0.351. The number of rotatable bonds is 9. The summed E-state index contributed by atoms with van der Waals surface area (Å²) in [6, 6.07) is 16.9. The lowest BCUT2D eigenvalue weighted by Crippen LogP contribution is -2.30. The normalized spacial score (nSPS) is 11.2. The lowest BCUT2D eigenvalue weighted by Gasteiger charge is -2.24. The third kappa shape index (κ3) is 6.79. The van der Waals surface area contributed by atoms with Crippen molar-refractivity contribution >= 4 is 56.4 Å². The molecule has 0 saturated heterocycles. The second kappa shape index (κ2) is 11.3. The summed E-state index contributed by atoms with van der Waals surface area (Å²) in [6.07, 6.45) is 1.10. The van der Waals surface area contributed by atoms with Gasteiger partial charge in [0, 0.05) is 10.6 Å². The maximum absolute atomic E-state index is 12.4. The molecule has 0 spiro atoms. The average molecular weight is 542 g/mol. The van der Waals surface area contributed by atoms with Gasteiger partial charge in [-0.2, -0.15) is 0 Å². The zero-order chi connectivity index (χ0) is 24.9. The van der Waals surface area contributed by atoms with Gasteiger partial charge in [0.05, 0.1) is 35.1 Å². The second-order valence-corrected chi connectivity index (χ2v) is 10.7. The molecule has 0 aliphatic carbocycles. The molecule has 0 atom stereocenters. The molecule has 0 unspecified atom stereocenters. The van der Waals surface area contributed by atoms with Crippen LogP contribution in [0, 0.1) is 6.92 Å². The van der Waals surface area contributed by atoms with Crippen LogP contribution in [0.25, 0.3) is 0 Å². The molecule has 3 rings (SSSR count). The van der Waals surface area contributed by atoms with E-state index in [0.29, 0.717) is 28.4 Å². The maximum atomic E-state index is 12.4. The van der Waals surface area contributed by atoms with E-state index in [1.165, 1.54) is 4.31 Å². The Morgan fingerprint density at radius 3 is 2.35 bits per heavy atom. The molecule has 0 fully saturated rings. The number of anilines is 1. The Kier molecular flexibility index (Phi) is 8.71. The van der Waals surface area contributed by atoms with Gasteiger partial charge in [0.15, 0.2) is 0 Å². The van der Waals surface area contributed by atoms with E-state index in [4.69, 9.17) is 39.5 Å². The highest BCUT2D eigenvalue weighted by Crippen LogP contribution is 2.34. The fourth-order valence-corrected chi connectivity index (χ4v) is 4.60. The molecule has 3 aromatic carbocycles. The number of sulfonamides is 1. The minimum absolute atomic E-state index is 0.0355. The van der Waals surface area contributed by atoms with Crippen molar-refractivity contribution in [2.24, 2.45) is 0 Å². The van der Waals surface area contributed by atoms with Crippen LogP contribution >= 0.6 is 34.8 Å². The molecular formula is C24H23Cl3N2O4S. The minimum Gasteiger partial charge on any atom is -0.492 e. The Morgan fingerprint density at radius 1 is 1.00 bits per heavy atom. The Morgan fingerprint density at radius 2 is 1.71 bits per heavy atom. The highest BCUT2D eigenvalue weighted by molar-refractivity contribution is 7.92. The van der Waals surface area contributed by atoms with Gasteiger partial charge in [-0.25, -0.2) is 8.42 Å². The molecule has 0 saturated carbocycles. The molecule has 10 heteroatoms. The maximum Gasteiger partial charge on any atom is 0.251 e. The van der Waals surface area contributed by atoms with Crippen molar-refractivity contribution < 1.29 is 17.9 Å². The number of nitrogens with zero attached hydrogens (tertiary/aromatic N) is 1. The van der Waals surface area contributed by atoms with Gasteiger partial charge in [-0.1, -0.05) is 59.1 Å². The summed E-state index contributed by atoms with van der Waals surface area (Å²) in [6.45, 7) is 2.53. The molecule has 180 valence electrons. The van der Waals surface area contributed by atoms with Gasteiger partial charge in [0.25, 0.3) is 5.91 Å². The zero-order valence-corrected chi connectivity index (χ0v) is 21.6. The summed E-state index contributed by atoms with van der Waals surface area (Å²) in [7, 11) is -3.64. The van der Waals surface area contributed by atoms with Gasteiger partial charge in [0.2, 0.25) is 10.0 Å². The molecule has 34 heavy (non-hydrogen) atoms. The number of halogens is 3. The summed E-state index contributed by atoms with van der Waals surface area (Å²) >= 11 is 18.4. The van der Waals surface area contributed by atoms with Crippen molar-refractivity contribution in [1.29, 1.82) is 0 Å². The number of benzene rings is 3. The fraction of sp³-hybridized carbons (Fsp3) is 0.208. The number of ether oxygens (including phenoxy) is 1. The largest absolute Gasteiger partial charge is 0.492 e. The van der Waals surface area contributed by atoms with E-state index < -0.39 is 10.0 Å². The smallest absolute Gasteiger partial charge is 0.251 e. The highest BCUT2D eigenvalue weighted by atomic mass is 35.5. The summed E-state index contributed by atoms with van der Waals surface area (Å²) in [5.41, 5.74) is 2.36. The van der Waals surface area contributed by atoms with Crippen molar-refractivity contribution in [3.05, 3.63) is 92.4 Å². The molecule has 0 aliphatic rings. The van der Waals surface area contributed by atoms with E-state index in [1.54, 1.807) is 48.5 Å². The number of aryl methyl sites for hydroxylation is 1. The van der Waals surface area contributed by atoms with Gasteiger partial charge in [-0.3, -0.25) is 9.10 Å². The summed E-state index contributed by atoms with van der Waals surface area (Å²) < 4.78 is 31.6. The molecule has 3 aromatic rings. The van der Waals surface area contributed by atoms with E-state index in [1.807, 2.05) is 19.1 Å². The predicted octanol–water partition coefficient (Wildman–Crippen LogP) is 5.73. The van der Waals surface area contributed by atoms with Crippen molar-refractivity contribution in [3.8, 4) is 5.75 Å². The number of carbonyl (C=O) groups excluding carboxylic acids is 1. The van der Waals surface area contributed by atoms with Gasteiger partial charge >= 0.3 is 0 Å². The standard InChI is InChI=1S/C24H23Cl3N2O4S/c1-16-6-11-19(14-21(16)26)33-13-12-28-24(30)18-9-7-17(8-10-18)15-29(34(2,31)32)22-5-3-4-20(25)23(22)27/h3-11,14H,12-13,15H2,1-2H3,(H,28,30). The van der Waals surface area contributed by atoms with Crippen LogP contribution < -0.4 is 14.4 Å². The van der Waals surface area contributed by atoms with Crippen LogP contribution in [-0.2, 0) is 16.6 Å². The van der Waals surface area contributed by atoms with Crippen LogP contribution in [0.15, 0.2) is 60.7 Å². The summed E-state index contributed by atoms with van der Waals surface area (Å²) in [5.74, 6) is 0.361. The summed E-state index contributed by atoms with van der Waals surface area (Å²) in [4.78, 5) is 12.4. The molecule has 0 aromatic heterocycles. The van der Waals surface area contributed by atoms with Crippen LogP contribution in [0.3, 0.4) is 0 Å². The van der Waals surface area contributed by atoms with E-state index in [0.717, 1.165) is 11.8 Å². The lowest BCUT2D eigenvalue weighted by atomic mass is 10.1. The number of hydrogen-bond acceptors (Lipinski definition) is 4. The van der Waals surface area contributed by atoms with Crippen LogP contribution in [0.2, 0.25) is 15.1 Å². The third-order valence-corrected chi connectivity index (χ3v) is 7.28. The number of amides is 1. The van der Waals surface area contributed by atoms with Crippen molar-refractivity contribution in [2.45, 2.75) is 13.5 Å². The van der Waals surface area contributed by atoms with Gasteiger partial charge in [-0.15, -0.1) is 0 Å². The molecule has 0 bridgehead atoms. The van der Waals surface area contributed by atoms with E-state index >= 15 is 0 Å². The van der Waals surface area contributed by atoms with Gasteiger partial charge < -0.3 is 10.1 Å². The lowest BCUT2D eigenvalue weighted by molar-refractivity contribution is 0.0947. The molecule has 0 heterocycles. The topological polar surface area (TPSA) is 75.7 Å². The third-order valence-electron chi connectivity index (χ3n) is 4.94. The molecule has 0 aliphatic heterocycles. The first-order valence-electron chi connectivity index (χ1n) is 10.2. The first kappa shape index (κ1) is 26.2. The van der Waals surface area contributed by atoms with Gasteiger partial charge in [0.1, 0.15) is 12.4 Å². The number of nitrogens with one attached hydrogen (secondary N) is 1. The molecule has 1 amide bonds. The SMILES string of the molecule is Cc1ccc(OCCNC(=O)c2ccc(CN(c3cccc(Cl)c3Cl)S(C)(=O)=O)cc2)cc1Cl. The second-order valence-electron chi connectivity index (χ2n) is 7.55. The number of hydrogen-bond donors (Lipinski definition) is 1. The first-order chi connectivity index (χ1) is 16.1. The van der Waals surface area contributed by atoms with E-state index in [2.05, 4.69) is 5.32 Å². The Labute approximate surface area is 214 Å². The Balaban J connectivity index is 1.60. The van der Waals surface area contributed by atoms with E-state index in [-0.39, 0.29) is 34.8 Å². The number of carbonyl (C=O) groups is 1. The summed E-state index contributed by atoms with van der Waals surface area (Å²) in [5, 5.41) is 3.82. The van der Waals surface area contributed by atoms with Crippen molar-refractivity contribution in [1.82, 2.24) is 5.32 Å². The van der Waals surface area contributed by atoms with Crippen LogP contribution in [0.4, 0.5) is 5.69 Å². The molecule has 0 radical (unpaired) electrons. The highest BCUT2D eigenvalue weighted by Gasteiger charge is 2.21.